The molecular weight excluding hydrogens is 184 g/mol. The van der Waals surface area contributed by atoms with Crippen molar-refractivity contribution < 1.29 is 4.79 Å². The lowest BCUT2D eigenvalue weighted by Gasteiger charge is -2.43. The molecule has 0 amide bonds. The fourth-order valence-electron chi connectivity index (χ4n) is 2.55. The molecule has 1 nitrogen and oxygen atoms in total. The molecule has 1 heteroatoms. The summed E-state index contributed by atoms with van der Waals surface area (Å²) in [7, 11) is 0. The molecule has 15 heavy (non-hydrogen) atoms. The molecule has 0 aliphatic heterocycles. The molecule has 0 aliphatic carbocycles. The van der Waals surface area contributed by atoms with E-state index in [-0.39, 0.29) is 16.7 Å². The number of carbonyl (C=O) groups excluding carboxylic acids is 1. The summed E-state index contributed by atoms with van der Waals surface area (Å²) in [6.07, 6.45) is 3.37. The van der Waals surface area contributed by atoms with Crippen LogP contribution in [0.25, 0.3) is 0 Å². The van der Waals surface area contributed by atoms with Gasteiger partial charge in [-0.1, -0.05) is 54.9 Å². The zero-order chi connectivity index (χ0) is 12.3. The second kappa shape index (κ2) is 5.14. The number of rotatable bonds is 5. The highest BCUT2D eigenvalue weighted by Crippen LogP contribution is 2.45. The van der Waals surface area contributed by atoms with Gasteiger partial charge in [-0.25, -0.2) is 0 Å². The summed E-state index contributed by atoms with van der Waals surface area (Å²) in [5.41, 5.74) is 0.421. The van der Waals surface area contributed by atoms with E-state index in [0.717, 1.165) is 19.1 Å². The Bertz CT molecular complexity index is 202. The number of hydrogen-bond donors (Lipinski definition) is 0. The lowest BCUT2D eigenvalue weighted by atomic mass is 9.62. The van der Waals surface area contributed by atoms with Crippen molar-refractivity contribution in [2.75, 3.05) is 0 Å². The fraction of sp³-hybridized carbons (Fsp3) is 0.929. The van der Waals surface area contributed by atoms with Crippen molar-refractivity contribution in [1.82, 2.24) is 0 Å². The number of carbonyl (C=O) groups is 1. The van der Waals surface area contributed by atoms with Gasteiger partial charge in [0.1, 0.15) is 6.29 Å². The second-order valence-corrected chi connectivity index (χ2v) is 6.48. The highest BCUT2D eigenvalue weighted by atomic mass is 16.1. The third-order valence-electron chi connectivity index (χ3n) is 3.89. The molecule has 0 saturated heterocycles. The van der Waals surface area contributed by atoms with Crippen molar-refractivity contribution >= 4 is 6.29 Å². The largest absolute Gasteiger partial charge is 0.303 e. The predicted molar refractivity (Wildman–Crippen MR) is 66.9 cm³/mol. The molecule has 0 spiro atoms. The lowest BCUT2D eigenvalue weighted by molar-refractivity contribution is -0.116. The highest BCUT2D eigenvalue weighted by Gasteiger charge is 2.38. The van der Waals surface area contributed by atoms with Gasteiger partial charge >= 0.3 is 0 Å². The Morgan fingerprint density at radius 1 is 1.13 bits per heavy atom. The van der Waals surface area contributed by atoms with Crippen LogP contribution >= 0.6 is 0 Å². The van der Waals surface area contributed by atoms with Crippen molar-refractivity contribution in [2.45, 2.75) is 61.3 Å². The summed E-state index contributed by atoms with van der Waals surface area (Å²) in [5.74, 6) is 0.739. The smallest absolute Gasteiger partial charge is 0.123 e. The molecule has 0 radical (unpaired) electrons. The van der Waals surface area contributed by atoms with Crippen LogP contribution in [0.4, 0.5) is 0 Å². The zero-order valence-corrected chi connectivity index (χ0v) is 11.6. The first-order valence-electron chi connectivity index (χ1n) is 6.12. The molecule has 0 heterocycles. The highest BCUT2D eigenvalue weighted by molar-refractivity contribution is 5.54. The molecule has 90 valence electrons. The minimum absolute atomic E-state index is 0.134. The van der Waals surface area contributed by atoms with Gasteiger partial charge < -0.3 is 4.79 Å². The maximum absolute atomic E-state index is 11.1. The average molecular weight is 212 g/mol. The minimum Gasteiger partial charge on any atom is -0.303 e. The number of aldehydes is 1. The quantitative estimate of drug-likeness (QED) is 0.621. The normalized spacial score (nSPS) is 20.5. The maximum atomic E-state index is 11.1. The van der Waals surface area contributed by atoms with Crippen LogP contribution in [0.1, 0.15) is 61.3 Å². The van der Waals surface area contributed by atoms with Crippen LogP contribution < -0.4 is 0 Å². The van der Waals surface area contributed by atoms with Crippen molar-refractivity contribution in [2.24, 2.45) is 22.7 Å². The predicted octanol–water partition coefficient (Wildman–Crippen LogP) is 4.31. The lowest BCUT2D eigenvalue weighted by Crippen LogP contribution is -2.37. The SMILES string of the molecule is CCC(C)C(C)(CC(C)(C)C)C(C)C=O. The zero-order valence-electron chi connectivity index (χ0n) is 11.6. The molecule has 0 aromatic carbocycles. The fourth-order valence-corrected chi connectivity index (χ4v) is 2.55. The van der Waals surface area contributed by atoms with E-state index in [2.05, 4.69) is 48.5 Å². The van der Waals surface area contributed by atoms with Crippen LogP contribution in [0, 0.1) is 22.7 Å². The van der Waals surface area contributed by atoms with Crippen molar-refractivity contribution in [1.29, 1.82) is 0 Å². The van der Waals surface area contributed by atoms with E-state index in [1.807, 2.05) is 0 Å². The Hall–Kier alpha value is -0.330. The second-order valence-electron chi connectivity index (χ2n) is 6.48. The summed E-state index contributed by atoms with van der Waals surface area (Å²) < 4.78 is 0. The average Bonchev–Trinajstić information content (AvgIpc) is 2.12. The van der Waals surface area contributed by atoms with E-state index in [9.17, 15) is 4.79 Å². The molecule has 0 N–H and O–H groups in total. The van der Waals surface area contributed by atoms with Gasteiger partial charge in [0.05, 0.1) is 0 Å². The van der Waals surface area contributed by atoms with Crippen LogP contribution in [0.3, 0.4) is 0 Å². The molecule has 0 saturated carbocycles. The Morgan fingerprint density at radius 2 is 1.60 bits per heavy atom. The molecule has 3 atom stereocenters. The number of hydrogen-bond acceptors (Lipinski definition) is 1. The summed E-state index contributed by atoms with van der Waals surface area (Å²) in [6, 6.07) is 0. The van der Waals surface area contributed by atoms with E-state index in [0.29, 0.717) is 5.92 Å². The van der Waals surface area contributed by atoms with Gasteiger partial charge in [0.15, 0.2) is 0 Å². The third-order valence-corrected chi connectivity index (χ3v) is 3.89. The Morgan fingerprint density at radius 3 is 1.87 bits per heavy atom. The van der Waals surface area contributed by atoms with Gasteiger partial charge in [-0.05, 0) is 23.2 Å². The summed E-state index contributed by atoms with van der Waals surface area (Å²) >= 11 is 0. The van der Waals surface area contributed by atoms with Crippen molar-refractivity contribution in [3.8, 4) is 0 Å². The molecule has 0 aliphatic rings. The van der Waals surface area contributed by atoms with E-state index in [4.69, 9.17) is 0 Å². The van der Waals surface area contributed by atoms with E-state index in [1.165, 1.54) is 0 Å². The van der Waals surface area contributed by atoms with Crippen molar-refractivity contribution in [3.63, 3.8) is 0 Å². The summed E-state index contributed by atoms with van der Waals surface area (Å²) in [5, 5.41) is 0. The first-order chi connectivity index (χ1) is 6.67. The van der Waals surface area contributed by atoms with Gasteiger partial charge in [0, 0.05) is 5.92 Å². The van der Waals surface area contributed by atoms with Gasteiger partial charge in [0.25, 0.3) is 0 Å². The monoisotopic (exact) mass is 212 g/mol. The van der Waals surface area contributed by atoms with Crippen LogP contribution in [-0.4, -0.2) is 6.29 Å². The third kappa shape index (κ3) is 3.96. The van der Waals surface area contributed by atoms with Gasteiger partial charge in [-0.3, -0.25) is 0 Å². The molecule has 0 fully saturated rings. The van der Waals surface area contributed by atoms with Crippen molar-refractivity contribution in [3.05, 3.63) is 0 Å². The van der Waals surface area contributed by atoms with Crippen LogP contribution in [0.5, 0.6) is 0 Å². The Kier molecular flexibility index (Phi) is 5.02. The van der Waals surface area contributed by atoms with Gasteiger partial charge in [0.2, 0.25) is 0 Å². The summed E-state index contributed by atoms with van der Waals surface area (Å²) in [6.45, 7) is 15.6. The van der Waals surface area contributed by atoms with Crippen LogP contribution in [-0.2, 0) is 4.79 Å². The maximum Gasteiger partial charge on any atom is 0.123 e. The molecule has 0 rings (SSSR count). The molecular formula is C14H28O. The first-order valence-corrected chi connectivity index (χ1v) is 6.12. The molecule has 0 aromatic heterocycles. The summed E-state index contributed by atoms with van der Waals surface area (Å²) in [4.78, 5) is 11.1. The molecule has 0 bridgehead atoms. The standard InChI is InChI=1S/C14H28O/c1-8-11(2)14(7,12(3)9-15)10-13(4,5)6/h9,11-12H,8,10H2,1-7H3. The van der Waals surface area contributed by atoms with E-state index in [1.54, 1.807) is 0 Å². The topological polar surface area (TPSA) is 17.1 Å². The van der Waals surface area contributed by atoms with Crippen LogP contribution in [0.15, 0.2) is 0 Å². The Labute approximate surface area is 95.6 Å². The Balaban J connectivity index is 4.93. The first kappa shape index (κ1) is 14.7. The minimum atomic E-state index is 0.134. The van der Waals surface area contributed by atoms with Gasteiger partial charge in [-0.2, -0.15) is 0 Å². The molecule has 0 aromatic rings. The molecule has 3 unspecified atom stereocenters. The van der Waals surface area contributed by atoms with Crippen LogP contribution in [0.2, 0.25) is 0 Å². The van der Waals surface area contributed by atoms with E-state index >= 15 is 0 Å². The van der Waals surface area contributed by atoms with E-state index < -0.39 is 0 Å². The van der Waals surface area contributed by atoms with Gasteiger partial charge in [-0.15, -0.1) is 0 Å².